The van der Waals surface area contributed by atoms with Crippen molar-refractivity contribution in [2.24, 2.45) is 0 Å². The highest BCUT2D eigenvalue weighted by molar-refractivity contribution is 6.32. The molecule has 1 aliphatic heterocycles. The number of aryl methyl sites for hydroxylation is 1. The first-order valence-corrected chi connectivity index (χ1v) is 6.85. The monoisotopic (exact) mass is 273 g/mol. The molecule has 1 heterocycles. The predicted molar refractivity (Wildman–Crippen MR) is 78.8 cm³/mol. The highest BCUT2D eigenvalue weighted by Crippen LogP contribution is 2.36. The van der Waals surface area contributed by atoms with E-state index in [1.807, 2.05) is 6.07 Å². The van der Waals surface area contributed by atoms with Crippen LogP contribution in [-0.4, -0.2) is 13.2 Å². The van der Waals surface area contributed by atoms with Gasteiger partial charge in [0, 0.05) is 18.7 Å². The summed E-state index contributed by atoms with van der Waals surface area (Å²) in [6.45, 7) is 4.43. The topological polar surface area (TPSA) is 21.3 Å². The normalized spacial score (nSPS) is 14.4. The fourth-order valence-electron chi connectivity index (χ4n) is 2.44. The van der Waals surface area contributed by atoms with Crippen molar-refractivity contribution in [3.05, 3.63) is 52.5 Å². The van der Waals surface area contributed by atoms with Crippen LogP contribution in [0.1, 0.15) is 11.1 Å². The van der Waals surface area contributed by atoms with Crippen molar-refractivity contribution in [3.8, 4) is 16.9 Å². The van der Waals surface area contributed by atoms with Crippen molar-refractivity contribution < 1.29 is 4.74 Å². The van der Waals surface area contributed by atoms with Gasteiger partial charge in [-0.1, -0.05) is 35.9 Å². The zero-order valence-corrected chi connectivity index (χ0v) is 11.6. The third-order valence-corrected chi connectivity index (χ3v) is 3.70. The van der Waals surface area contributed by atoms with Crippen LogP contribution in [0.2, 0.25) is 5.02 Å². The van der Waals surface area contributed by atoms with Gasteiger partial charge >= 0.3 is 0 Å². The molecule has 98 valence electrons. The number of benzene rings is 2. The molecule has 0 fully saturated rings. The van der Waals surface area contributed by atoms with E-state index in [0.717, 1.165) is 30.0 Å². The summed E-state index contributed by atoms with van der Waals surface area (Å²) in [6, 6.07) is 12.5. The quantitative estimate of drug-likeness (QED) is 0.853. The summed E-state index contributed by atoms with van der Waals surface area (Å²) in [5, 5.41) is 4.03. The van der Waals surface area contributed by atoms with Gasteiger partial charge in [-0.05, 0) is 35.7 Å². The molecule has 0 aromatic heterocycles. The number of halogens is 1. The summed E-state index contributed by atoms with van der Waals surface area (Å²) in [6.07, 6.45) is 0. The van der Waals surface area contributed by atoms with Crippen LogP contribution in [0.25, 0.3) is 11.1 Å². The van der Waals surface area contributed by atoms with E-state index >= 15 is 0 Å². The van der Waals surface area contributed by atoms with Crippen molar-refractivity contribution >= 4 is 11.6 Å². The lowest BCUT2D eigenvalue weighted by molar-refractivity contribution is 0.326. The average molecular weight is 274 g/mol. The van der Waals surface area contributed by atoms with Gasteiger partial charge in [-0.3, -0.25) is 0 Å². The summed E-state index contributed by atoms with van der Waals surface area (Å²) < 4.78 is 5.71. The molecule has 0 amide bonds. The first-order chi connectivity index (χ1) is 9.25. The summed E-state index contributed by atoms with van der Waals surface area (Å²) in [4.78, 5) is 0. The lowest BCUT2D eigenvalue weighted by Crippen LogP contribution is -2.16. The maximum absolute atomic E-state index is 6.37. The largest absolute Gasteiger partial charge is 0.490 e. The molecule has 2 aromatic rings. The minimum absolute atomic E-state index is 0.663. The van der Waals surface area contributed by atoms with E-state index < -0.39 is 0 Å². The fourth-order valence-corrected chi connectivity index (χ4v) is 2.74. The van der Waals surface area contributed by atoms with Crippen LogP contribution in [0.4, 0.5) is 0 Å². The lowest BCUT2D eigenvalue weighted by atomic mass is 9.98. The molecule has 2 nitrogen and oxygen atoms in total. The predicted octanol–water partition coefficient (Wildman–Crippen LogP) is 3.80. The van der Waals surface area contributed by atoms with Crippen molar-refractivity contribution in [2.75, 3.05) is 13.2 Å². The summed E-state index contributed by atoms with van der Waals surface area (Å²) in [5.74, 6) is 0.823. The minimum Gasteiger partial charge on any atom is -0.490 e. The molecule has 1 N–H and O–H groups in total. The van der Waals surface area contributed by atoms with Gasteiger partial charge in [0.25, 0.3) is 0 Å². The van der Waals surface area contributed by atoms with Gasteiger partial charge < -0.3 is 10.1 Å². The second-order valence-electron chi connectivity index (χ2n) is 4.79. The molecule has 0 atom stereocenters. The lowest BCUT2D eigenvalue weighted by Gasteiger charge is -2.13. The molecule has 0 spiro atoms. The fraction of sp³-hybridized carbons (Fsp3) is 0.250. The van der Waals surface area contributed by atoms with E-state index in [1.165, 1.54) is 11.1 Å². The molecule has 2 aromatic carbocycles. The Morgan fingerprint density at radius 2 is 2.05 bits per heavy atom. The Labute approximate surface area is 118 Å². The highest BCUT2D eigenvalue weighted by Gasteiger charge is 2.15. The van der Waals surface area contributed by atoms with E-state index in [2.05, 4.69) is 42.6 Å². The smallest absolute Gasteiger partial charge is 0.142 e. The number of fused-ring (bicyclic) bond motifs is 1. The van der Waals surface area contributed by atoms with Crippen LogP contribution < -0.4 is 10.1 Å². The summed E-state index contributed by atoms with van der Waals surface area (Å²) in [7, 11) is 0. The van der Waals surface area contributed by atoms with Crippen molar-refractivity contribution in [1.82, 2.24) is 5.32 Å². The third-order valence-electron chi connectivity index (χ3n) is 3.42. The average Bonchev–Trinajstić information content (AvgIpc) is 2.65. The van der Waals surface area contributed by atoms with Crippen LogP contribution in [0.3, 0.4) is 0 Å². The molecule has 0 aliphatic carbocycles. The number of nitrogens with one attached hydrogen (secondary N) is 1. The highest BCUT2D eigenvalue weighted by atomic mass is 35.5. The van der Waals surface area contributed by atoms with E-state index in [1.54, 1.807) is 0 Å². The summed E-state index contributed by atoms with van der Waals surface area (Å²) >= 11 is 6.37. The van der Waals surface area contributed by atoms with Crippen molar-refractivity contribution in [1.29, 1.82) is 0 Å². The second kappa shape index (κ2) is 5.24. The maximum Gasteiger partial charge on any atom is 0.142 e. The standard InChI is InChI=1S/C16H16ClNO/c1-11-4-2-3-5-14(11)12-8-13-10-18-6-7-19-16(13)15(17)9-12/h2-5,8-9,18H,6-7,10H2,1H3. The Morgan fingerprint density at radius 3 is 2.89 bits per heavy atom. The zero-order valence-electron chi connectivity index (χ0n) is 10.9. The third kappa shape index (κ3) is 2.46. The van der Waals surface area contributed by atoms with Crippen LogP contribution in [0.15, 0.2) is 36.4 Å². The molecule has 0 saturated carbocycles. The first-order valence-electron chi connectivity index (χ1n) is 6.47. The molecule has 3 heteroatoms. The minimum atomic E-state index is 0.663. The molecule has 1 aliphatic rings. The van der Waals surface area contributed by atoms with Gasteiger partial charge in [0.05, 0.1) is 5.02 Å². The number of rotatable bonds is 1. The molecular formula is C16H16ClNO. The Balaban J connectivity index is 2.12. The van der Waals surface area contributed by atoms with Gasteiger partial charge in [0.1, 0.15) is 12.4 Å². The van der Waals surface area contributed by atoms with Crippen LogP contribution in [0.5, 0.6) is 5.75 Å². The zero-order chi connectivity index (χ0) is 13.2. The van der Waals surface area contributed by atoms with Gasteiger partial charge in [-0.2, -0.15) is 0 Å². The first kappa shape index (κ1) is 12.5. The molecule has 0 saturated heterocycles. The van der Waals surface area contributed by atoms with Crippen LogP contribution in [0, 0.1) is 6.92 Å². The number of hydrogen-bond donors (Lipinski definition) is 1. The Hall–Kier alpha value is -1.51. The summed E-state index contributed by atoms with van der Waals surface area (Å²) in [5.41, 5.74) is 4.75. The molecular weight excluding hydrogens is 258 g/mol. The molecule has 0 unspecified atom stereocenters. The number of ether oxygens (including phenoxy) is 1. The molecule has 3 rings (SSSR count). The van der Waals surface area contributed by atoms with Crippen molar-refractivity contribution in [2.45, 2.75) is 13.5 Å². The maximum atomic E-state index is 6.37. The van der Waals surface area contributed by atoms with E-state index in [9.17, 15) is 0 Å². The van der Waals surface area contributed by atoms with Crippen molar-refractivity contribution in [3.63, 3.8) is 0 Å². The second-order valence-corrected chi connectivity index (χ2v) is 5.19. The van der Waals surface area contributed by atoms with Gasteiger partial charge in [-0.25, -0.2) is 0 Å². The number of hydrogen-bond acceptors (Lipinski definition) is 2. The van der Waals surface area contributed by atoms with E-state index in [4.69, 9.17) is 16.3 Å². The van der Waals surface area contributed by atoms with E-state index in [0.29, 0.717) is 11.6 Å². The Kier molecular flexibility index (Phi) is 3.45. The van der Waals surface area contributed by atoms with Gasteiger partial charge in [-0.15, -0.1) is 0 Å². The molecule has 0 radical (unpaired) electrons. The SMILES string of the molecule is Cc1ccccc1-c1cc(Cl)c2c(c1)CNCCO2. The Bertz CT molecular complexity index is 610. The molecule has 0 bridgehead atoms. The van der Waals surface area contributed by atoms with E-state index in [-0.39, 0.29) is 0 Å². The van der Waals surface area contributed by atoms with Crippen LogP contribution in [-0.2, 0) is 6.54 Å². The Morgan fingerprint density at radius 1 is 1.21 bits per heavy atom. The van der Waals surface area contributed by atoms with Gasteiger partial charge in [0.2, 0.25) is 0 Å². The molecule has 19 heavy (non-hydrogen) atoms. The van der Waals surface area contributed by atoms with Gasteiger partial charge in [0.15, 0.2) is 0 Å². The van der Waals surface area contributed by atoms with Crippen LogP contribution >= 0.6 is 11.6 Å².